The van der Waals surface area contributed by atoms with E-state index in [0.717, 1.165) is 11.3 Å². The molecule has 3 amide bonds. The van der Waals surface area contributed by atoms with Crippen LogP contribution in [0.4, 0.5) is 5.13 Å². The predicted molar refractivity (Wildman–Crippen MR) is 125 cm³/mol. The molecule has 2 atom stereocenters. The number of fused-ring (bicyclic) bond motifs is 1. The number of thiazole rings is 1. The summed E-state index contributed by atoms with van der Waals surface area (Å²) in [7, 11) is 2.77. The lowest BCUT2D eigenvalue weighted by atomic mass is 10.0. The lowest BCUT2D eigenvalue weighted by Crippen LogP contribution is -2.71. The van der Waals surface area contributed by atoms with Gasteiger partial charge in [0.1, 0.15) is 35.5 Å². The zero-order valence-corrected chi connectivity index (χ0v) is 20.9. The van der Waals surface area contributed by atoms with Crippen LogP contribution in [0.3, 0.4) is 0 Å². The number of amides is 3. The van der Waals surface area contributed by atoms with Gasteiger partial charge in [-0.2, -0.15) is 0 Å². The summed E-state index contributed by atoms with van der Waals surface area (Å²) in [5, 5.41) is 10.1. The molecule has 184 valence electrons. The van der Waals surface area contributed by atoms with E-state index in [2.05, 4.69) is 20.8 Å². The van der Waals surface area contributed by atoms with E-state index in [4.69, 9.17) is 14.3 Å². The molecular weight excluding hydrogens is 486 g/mol. The third-order valence-corrected chi connectivity index (χ3v) is 6.68. The normalized spacial score (nSPS) is 20.3. The van der Waals surface area contributed by atoms with Crippen LogP contribution in [0.5, 0.6) is 0 Å². The van der Waals surface area contributed by atoms with Gasteiger partial charge in [0, 0.05) is 18.2 Å². The van der Waals surface area contributed by atoms with E-state index in [1.54, 1.807) is 20.8 Å². The second-order valence-electron chi connectivity index (χ2n) is 8.17. The number of aromatic nitrogens is 1. The number of ether oxygens (including phenoxy) is 2. The van der Waals surface area contributed by atoms with E-state index in [1.807, 2.05) is 0 Å². The SMILES string of the molecule is COCC1=C(C(=O)OC(C)(C)C)N2C(=O)C(NC(=O)/C(=N\OC)c3csc(NC=O)n3)[C@H]2SC1. The molecule has 0 radical (unpaired) electrons. The first-order chi connectivity index (χ1) is 16.1. The number of carbonyl (C=O) groups is 4. The van der Waals surface area contributed by atoms with E-state index < -0.39 is 34.8 Å². The lowest BCUT2D eigenvalue weighted by Gasteiger charge is -2.49. The maximum Gasteiger partial charge on any atom is 0.355 e. The van der Waals surface area contributed by atoms with Crippen LogP contribution in [0.2, 0.25) is 0 Å². The number of rotatable bonds is 9. The fourth-order valence-corrected chi connectivity index (χ4v) is 5.27. The van der Waals surface area contributed by atoms with Gasteiger partial charge in [-0.3, -0.25) is 19.3 Å². The van der Waals surface area contributed by atoms with Crippen molar-refractivity contribution in [3.05, 3.63) is 22.3 Å². The van der Waals surface area contributed by atoms with Gasteiger partial charge in [0.2, 0.25) is 6.41 Å². The van der Waals surface area contributed by atoms with Gasteiger partial charge < -0.3 is 24.9 Å². The van der Waals surface area contributed by atoms with Crippen molar-refractivity contribution in [3.63, 3.8) is 0 Å². The number of hydrogen-bond donors (Lipinski definition) is 2. The molecule has 0 aromatic carbocycles. The molecule has 0 saturated carbocycles. The highest BCUT2D eigenvalue weighted by Gasteiger charge is 2.55. The summed E-state index contributed by atoms with van der Waals surface area (Å²) in [6.45, 7) is 5.38. The highest BCUT2D eigenvalue weighted by molar-refractivity contribution is 8.00. The summed E-state index contributed by atoms with van der Waals surface area (Å²) >= 11 is 2.49. The first-order valence-electron chi connectivity index (χ1n) is 10.1. The van der Waals surface area contributed by atoms with Crippen LogP contribution in [-0.4, -0.2) is 83.4 Å². The summed E-state index contributed by atoms with van der Waals surface area (Å²) in [5.41, 5.74) is 0.0416. The van der Waals surface area contributed by atoms with Crippen LogP contribution in [0, 0.1) is 0 Å². The Morgan fingerprint density at radius 2 is 2.09 bits per heavy atom. The minimum atomic E-state index is -0.896. The van der Waals surface area contributed by atoms with Crippen LogP contribution in [0.25, 0.3) is 0 Å². The second kappa shape index (κ2) is 10.5. The van der Waals surface area contributed by atoms with Crippen molar-refractivity contribution < 1.29 is 33.5 Å². The van der Waals surface area contributed by atoms with Crippen molar-refractivity contribution in [2.75, 3.05) is 31.9 Å². The predicted octanol–water partition coefficient (Wildman–Crippen LogP) is 0.704. The van der Waals surface area contributed by atoms with Crippen molar-refractivity contribution in [2.45, 2.75) is 37.8 Å². The van der Waals surface area contributed by atoms with Crippen molar-refractivity contribution in [1.29, 1.82) is 0 Å². The maximum atomic E-state index is 13.0. The fraction of sp³-hybridized carbons (Fsp3) is 0.500. The standard InChI is InChI=1S/C20H25N5O7S2/c1-20(2,3)32-18(29)14-10(6-30-4)7-33-17-13(16(28)25(14)17)23-15(27)12(24-31-5)11-8-34-19(22-11)21-9-26/h8-9,13,17H,6-7H2,1-5H3,(H,23,27)(H,21,22,26)/b24-12-/t13?,17-/m1/s1. The van der Waals surface area contributed by atoms with E-state index >= 15 is 0 Å². The van der Waals surface area contributed by atoms with E-state index in [0.29, 0.717) is 17.7 Å². The summed E-state index contributed by atoms with van der Waals surface area (Å²) < 4.78 is 10.7. The number of nitrogens with zero attached hydrogens (tertiary/aromatic N) is 3. The summed E-state index contributed by atoms with van der Waals surface area (Å²) in [4.78, 5) is 59.7. The van der Waals surface area contributed by atoms with Crippen LogP contribution in [0.1, 0.15) is 26.5 Å². The molecule has 1 unspecified atom stereocenters. The number of esters is 1. The molecule has 0 spiro atoms. The van der Waals surface area contributed by atoms with Gasteiger partial charge in [0.15, 0.2) is 10.8 Å². The zero-order chi connectivity index (χ0) is 25.0. The Balaban J connectivity index is 1.80. The molecule has 3 heterocycles. The Bertz CT molecular complexity index is 1050. The lowest BCUT2D eigenvalue weighted by molar-refractivity contribution is -0.158. The third kappa shape index (κ3) is 5.39. The smallest absolute Gasteiger partial charge is 0.355 e. The Morgan fingerprint density at radius 3 is 2.71 bits per heavy atom. The molecule has 12 nitrogen and oxygen atoms in total. The molecule has 2 N–H and O–H groups in total. The number of thioether (sulfide) groups is 1. The molecule has 3 rings (SSSR count). The highest BCUT2D eigenvalue weighted by atomic mass is 32.2. The molecule has 0 bridgehead atoms. The maximum absolute atomic E-state index is 13.0. The van der Waals surface area contributed by atoms with Gasteiger partial charge in [-0.1, -0.05) is 5.16 Å². The largest absolute Gasteiger partial charge is 0.455 e. The van der Waals surface area contributed by atoms with Crippen molar-refractivity contribution in [3.8, 4) is 0 Å². The van der Waals surface area contributed by atoms with E-state index in [1.165, 1.54) is 36.3 Å². The van der Waals surface area contributed by atoms with Gasteiger partial charge in [-0.05, 0) is 26.3 Å². The van der Waals surface area contributed by atoms with Crippen molar-refractivity contribution >= 4 is 58.1 Å². The van der Waals surface area contributed by atoms with Gasteiger partial charge in [0.25, 0.3) is 11.8 Å². The first-order valence-corrected chi connectivity index (χ1v) is 12.0. The van der Waals surface area contributed by atoms with Crippen molar-refractivity contribution in [2.24, 2.45) is 5.16 Å². The van der Waals surface area contributed by atoms with Crippen molar-refractivity contribution in [1.82, 2.24) is 15.2 Å². The molecule has 2 aliphatic heterocycles. The Kier molecular flexibility index (Phi) is 7.94. The highest BCUT2D eigenvalue weighted by Crippen LogP contribution is 2.41. The molecular formula is C20H25N5O7S2. The van der Waals surface area contributed by atoms with Crippen LogP contribution < -0.4 is 10.6 Å². The second-order valence-corrected chi connectivity index (χ2v) is 10.1. The molecule has 1 aromatic rings. The quantitative estimate of drug-likeness (QED) is 0.161. The fourth-order valence-electron chi connectivity index (χ4n) is 3.29. The number of carbonyl (C=O) groups excluding carboxylic acids is 4. The molecule has 34 heavy (non-hydrogen) atoms. The molecule has 0 aliphatic carbocycles. The Hall–Kier alpha value is -2.97. The molecule has 14 heteroatoms. The van der Waals surface area contributed by atoms with Crippen LogP contribution in [-0.2, 0) is 33.5 Å². The van der Waals surface area contributed by atoms with Gasteiger partial charge in [0.05, 0.1) is 6.61 Å². The van der Waals surface area contributed by atoms with Gasteiger partial charge >= 0.3 is 5.97 Å². The topological polar surface area (TPSA) is 149 Å². The number of oxime groups is 1. The minimum absolute atomic E-state index is 0.144. The molecule has 1 fully saturated rings. The zero-order valence-electron chi connectivity index (χ0n) is 19.2. The van der Waals surface area contributed by atoms with Crippen LogP contribution in [0.15, 0.2) is 21.8 Å². The third-order valence-electron chi connectivity index (χ3n) is 4.57. The number of anilines is 1. The van der Waals surface area contributed by atoms with Crippen LogP contribution >= 0.6 is 23.1 Å². The summed E-state index contributed by atoms with van der Waals surface area (Å²) in [5.74, 6) is -1.34. The van der Waals surface area contributed by atoms with Gasteiger partial charge in [-0.25, -0.2) is 9.78 Å². The van der Waals surface area contributed by atoms with Gasteiger partial charge in [-0.15, -0.1) is 23.1 Å². The Morgan fingerprint density at radius 1 is 1.35 bits per heavy atom. The molecule has 2 aliphatic rings. The number of nitrogens with one attached hydrogen (secondary N) is 2. The first kappa shape index (κ1) is 25.6. The minimum Gasteiger partial charge on any atom is -0.455 e. The number of β-lactam (4-membered cyclic amide) rings is 1. The molecule has 1 aromatic heterocycles. The average Bonchev–Trinajstić information content (AvgIpc) is 3.22. The average molecular weight is 512 g/mol. The molecule has 1 saturated heterocycles. The number of methoxy groups -OCH3 is 1. The van der Waals surface area contributed by atoms with E-state index in [-0.39, 0.29) is 28.8 Å². The summed E-state index contributed by atoms with van der Waals surface area (Å²) in [6.07, 6.45) is 0.464. The monoisotopic (exact) mass is 511 g/mol. The number of hydrogen-bond acceptors (Lipinski definition) is 11. The summed E-state index contributed by atoms with van der Waals surface area (Å²) in [6, 6.07) is -0.896. The Labute approximate surface area is 204 Å². The van der Waals surface area contributed by atoms with E-state index in [9.17, 15) is 19.2 Å².